The number of nitrogen functional groups attached to an aromatic ring is 1. The van der Waals surface area contributed by atoms with E-state index in [1.54, 1.807) is 13.0 Å². The minimum absolute atomic E-state index is 0.306. The predicted molar refractivity (Wildman–Crippen MR) is 72.6 cm³/mol. The number of methoxy groups -OCH3 is 2. The van der Waals surface area contributed by atoms with Crippen molar-refractivity contribution in [3.8, 4) is 11.5 Å². The number of hydrogen-bond donors (Lipinski definition) is 3. The molecular weight excluding hydrogens is 248 g/mol. The first kappa shape index (κ1) is 15.1. The number of rotatable bonds is 6. The molecule has 1 unspecified atom stereocenters. The van der Waals surface area contributed by atoms with Gasteiger partial charge in [-0.2, -0.15) is 0 Å². The summed E-state index contributed by atoms with van der Waals surface area (Å²) < 4.78 is 10.2. The fourth-order valence-corrected chi connectivity index (χ4v) is 1.58. The van der Waals surface area contributed by atoms with Gasteiger partial charge in [0.25, 0.3) is 5.91 Å². The Morgan fingerprint density at radius 3 is 2.47 bits per heavy atom. The standard InChI is InChI=1S/C13H20N2O4/c1-8(16)4-5-15-13(17)9-6-11(18-2)12(19-3)7-10(9)14/h6-8,16H,4-5,14H2,1-3H3,(H,15,17). The van der Waals surface area contributed by atoms with Gasteiger partial charge in [0, 0.05) is 18.3 Å². The van der Waals surface area contributed by atoms with Crippen LogP contribution in [0.1, 0.15) is 23.7 Å². The Balaban J connectivity index is 2.85. The first-order chi connectivity index (χ1) is 8.99. The van der Waals surface area contributed by atoms with Gasteiger partial charge in [0.1, 0.15) is 0 Å². The maximum atomic E-state index is 11.9. The Labute approximate surface area is 112 Å². The molecule has 0 heterocycles. The lowest BCUT2D eigenvalue weighted by Crippen LogP contribution is -2.27. The normalized spacial score (nSPS) is 11.8. The molecule has 1 atom stereocenters. The van der Waals surface area contributed by atoms with Gasteiger partial charge >= 0.3 is 0 Å². The van der Waals surface area contributed by atoms with Gasteiger partial charge in [0.05, 0.1) is 25.9 Å². The second-order valence-corrected chi connectivity index (χ2v) is 4.19. The van der Waals surface area contributed by atoms with Crippen molar-refractivity contribution in [2.24, 2.45) is 0 Å². The number of carbonyl (C=O) groups excluding carboxylic acids is 1. The number of hydrogen-bond acceptors (Lipinski definition) is 5. The van der Waals surface area contributed by atoms with E-state index >= 15 is 0 Å². The Bertz CT molecular complexity index is 447. The molecule has 0 fully saturated rings. The van der Waals surface area contributed by atoms with Gasteiger partial charge in [-0.15, -0.1) is 0 Å². The molecule has 0 saturated heterocycles. The van der Waals surface area contributed by atoms with Crippen LogP contribution in [0.25, 0.3) is 0 Å². The van der Waals surface area contributed by atoms with Gasteiger partial charge in [0.15, 0.2) is 11.5 Å². The highest BCUT2D eigenvalue weighted by Crippen LogP contribution is 2.31. The average Bonchev–Trinajstić information content (AvgIpc) is 2.37. The zero-order chi connectivity index (χ0) is 14.4. The van der Waals surface area contributed by atoms with Crippen LogP contribution in [-0.4, -0.2) is 37.9 Å². The fourth-order valence-electron chi connectivity index (χ4n) is 1.58. The number of amides is 1. The second kappa shape index (κ2) is 6.84. The summed E-state index contributed by atoms with van der Waals surface area (Å²) in [7, 11) is 2.99. The molecule has 0 aliphatic heterocycles. The summed E-state index contributed by atoms with van der Waals surface area (Å²) in [4.78, 5) is 11.9. The smallest absolute Gasteiger partial charge is 0.253 e. The lowest BCUT2D eigenvalue weighted by Gasteiger charge is -2.13. The van der Waals surface area contributed by atoms with E-state index < -0.39 is 6.10 Å². The van der Waals surface area contributed by atoms with E-state index in [1.165, 1.54) is 20.3 Å². The SMILES string of the molecule is COc1cc(N)c(C(=O)NCCC(C)O)cc1OC. The Morgan fingerprint density at radius 2 is 1.95 bits per heavy atom. The third-order valence-electron chi connectivity index (χ3n) is 2.65. The van der Waals surface area contributed by atoms with Crippen LogP contribution < -0.4 is 20.5 Å². The summed E-state index contributed by atoms with van der Waals surface area (Å²) in [6.07, 6.45) is 0.0295. The molecule has 0 aliphatic rings. The molecule has 1 rings (SSSR count). The third kappa shape index (κ3) is 4.03. The van der Waals surface area contributed by atoms with Crippen LogP contribution in [0.15, 0.2) is 12.1 Å². The Hall–Kier alpha value is -1.95. The molecule has 6 heteroatoms. The highest BCUT2D eigenvalue weighted by atomic mass is 16.5. The van der Waals surface area contributed by atoms with E-state index in [0.717, 1.165) is 0 Å². The third-order valence-corrected chi connectivity index (χ3v) is 2.65. The minimum Gasteiger partial charge on any atom is -0.493 e. The predicted octanol–water partition coefficient (Wildman–Crippen LogP) is 0.787. The van der Waals surface area contributed by atoms with Crippen molar-refractivity contribution in [3.63, 3.8) is 0 Å². The van der Waals surface area contributed by atoms with E-state index in [-0.39, 0.29) is 5.91 Å². The first-order valence-corrected chi connectivity index (χ1v) is 5.97. The quantitative estimate of drug-likeness (QED) is 0.663. The fraction of sp³-hybridized carbons (Fsp3) is 0.462. The summed E-state index contributed by atoms with van der Waals surface area (Å²) in [5, 5.41) is 11.8. The van der Waals surface area contributed by atoms with E-state index in [0.29, 0.717) is 35.7 Å². The van der Waals surface area contributed by atoms with Gasteiger partial charge in [-0.25, -0.2) is 0 Å². The van der Waals surface area contributed by atoms with Crippen LogP contribution in [0.4, 0.5) is 5.69 Å². The molecule has 0 bridgehead atoms. The first-order valence-electron chi connectivity index (χ1n) is 5.97. The molecule has 0 spiro atoms. The number of aliphatic hydroxyl groups excluding tert-OH is 1. The monoisotopic (exact) mass is 268 g/mol. The van der Waals surface area contributed by atoms with E-state index in [4.69, 9.17) is 20.3 Å². The molecule has 19 heavy (non-hydrogen) atoms. The van der Waals surface area contributed by atoms with Crippen molar-refractivity contribution in [2.75, 3.05) is 26.5 Å². The van der Waals surface area contributed by atoms with E-state index in [2.05, 4.69) is 5.32 Å². The highest BCUT2D eigenvalue weighted by Gasteiger charge is 2.15. The van der Waals surface area contributed by atoms with Gasteiger partial charge in [-0.05, 0) is 19.4 Å². The van der Waals surface area contributed by atoms with Crippen molar-refractivity contribution in [1.29, 1.82) is 0 Å². The summed E-state index contributed by atoms with van der Waals surface area (Å²) in [5.74, 6) is 0.608. The zero-order valence-corrected chi connectivity index (χ0v) is 11.4. The number of nitrogens with two attached hydrogens (primary N) is 1. The van der Waals surface area contributed by atoms with Crippen LogP contribution in [0.2, 0.25) is 0 Å². The van der Waals surface area contributed by atoms with E-state index in [1.807, 2.05) is 0 Å². The molecule has 1 aromatic rings. The van der Waals surface area contributed by atoms with Crippen LogP contribution in [0.5, 0.6) is 11.5 Å². The van der Waals surface area contributed by atoms with Gasteiger partial charge in [-0.1, -0.05) is 0 Å². The van der Waals surface area contributed by atoms with Gasteiger partial charge < -0.3 is 25.6 Å². The van der Waals surface area contributed by atoms with E-state index in [9.17, 15) is 4.79 Å². The summed E-state index contributed by atoms with van der Waals surface area (Å²) in [6, 6.07) is 3.08. The van der Waals surface area contributed by atoms with Gasteiger partial charge in [0.2, 0.25) is 0 Å². The number of aliphatic hydroxyl groups is 1. The number of ether oxygens (including phenoxy) is 2. The summed E-state index contributed by atoms with van der Waals surface area (Å²) >= 11 is 0. The number of benzene rings is 1. The molecule has 106 valence electrons. The lowest BCUT2D eigenvalue weighted by atomic mass is 10.1. The largest absolute Gasteiger partial charge is 0.493 e. The Morgan fingerprint density at radius 1 is 1.37 bits per heavy atom. The number of carbonyl (C=O) groups is 1. The van der Waals surface area contributed by atoms with Crippen molar-refractivity contribution in [1.82, 2.24) is 5.32 Å². The molecule has 0 saturated carbocycles. The minimum atomic E-state index is -0.456. The molecule has 0 aliphatic carbocycles. The van der Waals surface area contributed by atoms with Crippen LogP contribution in [-0.2, 0) is 0 Å². The van der Waals surface area contributed by atoms with Crippen molar-refractivity contribution in [3.05, 3.63) is 17.7 Å². The van der Waals surface area contributed by atoms with Gasteiger partial charge in [-0.3, -0.25) is 4.79 Å². The molecule has 6 nitrogen and oxygen atoms in total. The molecule has 1 aromatic carbocycles. The number of nitrogens with one attached hydrogen (secondary N) is 1. The highest BCUT2D eigenvalue weighted by molar-refractivity contribution is 6.00. The Kier molecular flexibility index (Phi) is 5.44. The van der Waals surface area contributed by atoms with Crippen LogP contribution in [0, 0.1) is 0 Å². The number of anilines is 1. The zero-order valence-electron chi connectivity index (χ0n) is 11.4. The maximum Gasteiger partial charge on any atom is 0.253 e. The van der Waals surface area contributed by atoms with Crippen molar-refractivity contribution < 1.29 is 19.4 Å². The molecular formula is C13H20N2O4. The van der Waals surface area contributed by atoms with Crippen LogP contribution >= 0.6 is 0 Å². The van der Waals surface area contributed by atoms with Crippen molar-refractivity contribution in [2.45, 2.75) is 19.4 Å². The second-order valence-electron chi connectivity index (χ2n) is 4.19. The topological polar surface area (TPSA) is 93.8 Å². The molecule has 1 amide bonds. The average molecular weight is 268 g/mol. The molecule has 0 aromatic heterocycles. The summed E-state index contributed by atoms with van der Waals surface area (Å²) in [5.41, 5.74) is 6.44. The summed E-state index contributed by atoms with van der Waals surface area (Å²) in [6.45, 7) is 2.04. The maximum absolute atomic E-state index is 11.9. The van der Waals surface area contributed by atoms with Crippen LogP contribution in [0.3, 0.4) is 0 Å². The van der Waals surface area contributed by atoms with Crippen molar-refractivity contribution >= 4 is 11.6 Å². The lowest BCUT2D eigenvalue weighted by molar-refractivity contribution is 0.0946. The molecule has 0 radical (unpaired) electrons. The molecule has 4 N–H and O–H groups in total.